The monoisotopic (exact) mass is 394 g/mol. The van der Waals surface area contributed by atoms with E-state index in [1.54, 1.807) is 0 Å². The lowest BCUT2D eigenvalue weighted by molar-refractivity contribution is 1.52. The van der Waals surface area contributed by atoms with Gasteiger partial charge in [0.05, 0.1) is 0 Å². The molecule has 2 aromatic heterocycles. The van der Waals surface area contributed by atoms with Crippen LogP contribution in [0.3, 0.4) is 0 Å². The number of thiophene rings is 2. The van der Waals surface area contributed by atoms with Gasteiger partial charge in [0.2, 0.25) is 0 Å². The lowest BCUT2D eigenvalue weighted by Crippen LogP contribution is -1.78. The van der Waals surface area contributed by atoms with Gasteiger partial charge in [-0.15, -0.1) is 22.7 Å². The minimum absolute atomic E-state index is 1.29. The highest BCUT2D eigenvalue weighted by Crippen LogP contribution is 2.39. The van der Waals surface area contributed by atoms with Gasteiger partial charge in [-0.05, 0) is 73.5 Å². The molecule has 0 atom stereocenters. The van der Waals surface area contributed by atoms with Crippen LogP contribution in [0.25, 0.3) is 51.5 Å². The van der Waals surface area contributed by atoms with Crippen LogP contribution < -0.4 is 0 Å². The van der Waals surface area contributed by atoms with Crippen molar-refractivity contribution in [2.45, 2.75) is 13.8 Å². The predicted molar refractivity (Wildman–Crippen MR) is 127 cm³/mol. The molecule has 0 unspecified atom stereocenters. The Morgan fingerprint density at radius 1 is 0.429 bits per heavy atom. The highest BCUT2D eigenvalue weighted by atomic mass is 32.1. The molecular weight excluding hydrogens is 376 g/mol. The first-order chi connectivity index (χ1) is 13.7. The van der Waals surface area contributed by atoms with Gasteiger partial charge in [0.1, 0.15) is 0 Å². The van der Waals surface area contributed by atoms with Gasteiger partial charge in [0, 0.05) is 40.3 Å². The molecule has 0 aliphatic heterocycles. The van der Waals surface area contributed by atoms with E-state index in [0.29, 0.717) is 0 Å². The van der Waals surface area contributed by atoms with E-state index in [9.17, 15) is 0 Å². The van der Waals surface area contributed by atoms with Gasteiger partial charge in [-0.1, -0.05) is 35.4 Å². The molecule has 6 rings (SSSR count). The Morgan fingerprint density at radius 3 is 1.21 bits per heavy atom. The van der Waals surface area contributed by atoms with Crippen LogP contribution in [0.2, 0.25) is 0 Å². The van der Waals surface area contributed by atoms with Gasteiger partial charge < -0.3 is 0 Å². The van der Waals surface area contributed by atoms with E-state index in [2.05, 4.69) is 86.6 Å². The molecule has 0 aliphatic carbocycles. The molecule has 0 N–H and O–H groups in total. The molecule has 134 valence electrons. The van der Waals surface area contributed by atoms with Crippen molar-refractivity contribution >= 4 is 63.0 Å². The summed E-state index contributed by atoms with van der Waals surface area (Å²) in [7, 11) is 0. The summed E-state index contributed by atoms with van der Waals surface area (Å²) < 4.78 is 5.46. The zero-order valence-electron chi connectivity index (χ0n) is 15.7. The van der Waals surface area contributed by atoms with Gasteiger partial charge >= 0.3 is 0 Å². The van der Waals surface area contributed by atoms with Crippen molar-refractivity contribution in [3.05, 3.63) is 83.9 Å². The molecule has 0 saturated heterocycles. The Labute approximate surface area is 171 Å². The van der Waals surface area contributed by atoms with Gasteiger partial charge in [-0.2, -0.15) is 0 Å². The second kappa shape index (κ2) is 5.91. The first kappa shape index (κ1) is 16.3. The number of aryl methyl sites for hydroxylation is 2. The molecule has 0 aliphatic rings. The van der Waals surface area contributed by atoms with Crippen LogP contribution >= 0.6 is 22.7 Å². The van der Waals surface area contributed by atoms with Crippen molar-refractivity contribution in [1.82, 2.24) is 0 Å². The fraction of sp³-hybridized carbons (Fsp3) is 0.0769. The third-order valence-electron chi connectivity index (χ3n) is 5.58. The van der Waals surface area contributed by atoms with E-state index in [0.717, 1.165) is 0 Å². The van der Waals surface area contributed by atoms with Crippen molar-refractivity contribution < 1.29 is 0 Å². The number of fused-ring (bicyclic) bond motifs is 6. The summed E-state index contributed by atoms with van der Waals surface area (Å²) in [5.41, 5.74) is 5.23. The van der Waals surface area contributed by atoms with Gasteiger partial charge in [0.15, 0.2) is 0 Å². The zero-order chi connectivity index (χ0) is 18.8. The molecule has 28 heavy (non-hydrogen) atoms. The summed E-state index contributed by atoms with van der Waals surface area (Å²) in [4.78, 5) is 0. The smallest absolute Gasteiger partial charge is 0.0355 e. The van der Waals surface area contributed by atoms with E-state index in [1.165, 1.54) is 62.6 Å². The molecule has 0 radical (unpaired) electrons. The molecule has 0 amide bonds. The third kappa shape index (κ3) is 2.42. The second-order valence-electron chi connectivity index (χ2n) is 7.63. The molecular formula is C26H18S2. The summed E-state index contributed by atoms with van der Waals surface area (Å²) in [5.74, 6) is 0. The van der Waals surface area contributed by atoms with Crippen molar-refractivity contribution in [2.75, 3.05) is 0 Å². The van der Waals surface area contributed by atoms with Gasteiger partial charge in [-0.25, -0.2) is 0 Å². The van der Waals surface area contributed by atoms with E-state index in [-0.39, 0.29) is 0 Å². The summed E-state index contributed by atoms with van der Waals surface area (Å²) in [6.07, 6.45) is 0. The summed E-state index contributed by atoms with van der Waals surface area (Å²) in [6.45, 7) is 4.34. The average molecular weight is 395 g/mol. The Hall–Kier alpha value is -2.68. The van der Waals surface area contributed by atoms with E-state index >= 15 is 0 Å². The number of hydrogen-bond donors (Lipinski definition) is 0. The standard InChI is InChI=1S/C26H18S2/c1-15-3-7-23-19(11-15)21-13-17(5-9-25(21)27-23)18-6-10-26-22(14-18)20-12-16(2)4-8-24(20)28-26/h3-14H,1-2H3. The topological polar surface area (TPSA) is 0 Å². The molecule has 0 bridgehead atoms. The van der Waals surface area contributed by atoms with Crippen LogP contribution in [-0.2, 0) is 0 Å². The Kier molecular flexibility index (Phi) is 3.44. The van der Waals surface area contributed by atoms with Crippen LogP contribution in [0.15, 0.2) is 72.8 Å². The molecule has 4 aromatic carbocycles. The molecule has 0 nitrogen and oxygen atoms in total. The minimum Gasteiger partial charge on any atom is -0.135 e. The molecule has 0 saturated carbocycles. The maximum Gasteiger partial charge on any atom is 0.0355 e. The first-order valence-corrected chi connectivity index (χ1v) is 11.2. The summed E-state index contributed by atoms with van der Waals surface area (Å²) in [6, 6.07) is 27.4. The van der Waals surface area contributed by atoms with Crippen molar-refractivity contribution in [3.8, 4) is 11.1 Å². The maximum absolute atomic E-state index is 2.37. The van der Waals surface area contributed by atoms with Crippen LogP contribution in [-0.4, -0.2) is 0 Å². The van der Waals surface area contributed by atoms with E-state index in [4.69, 9.17) is 0 Å². The fourth-order valence-corrected chi connectivity index (χ4v) is 6.28. The number of rotatable bonds is 1. The largest absolute Gasteiger partial charge is 0.135 e. The fourth-order valence-electron chi connectivity index (χ4n) is 4.14. The third-order valence-corrected chi connectivity index (χ3v) is 7.89. The quantitative estimate of drug-likeness (QED) is 0.261. The van der Waals surface area contributed by atoms with Gasteiger partial charge in [0.25, 0.3) is 0 Å². The van der Waals surface area contributed by atoms with Crippen molar-refractivity contribution in [1.29, 1.82) is 0 Å². The normalized spacial score (nSPS) is 11.9. The van der Waals surface area contributed by atoms with Crippen LogP contribution in [0.4, 0.5) is 0 Å². The summed E-state index contributed by atoms with van der Waals surface area (Å²) in [5, 5.41) is 5.48. The molecule has 0 fully saturated rings. The van der Waals surface area contributed by atoms with Crippen LogP contribution in [0.5, 0.6) is 0 Å². The first-order valence-electron chi connectivity index (χ1n) is 9.52. The Bertz CT molecular complexity index is 1410. The van der Waals surface area contributed by atoms with Crippen molar-refractivity contribution in [2.24, 2.45) is 0 Å². The average Bonchev–Trinajstić information content (AvgIpc) is 3.24. The Morgan fingerprint density at radius 2 is 0.786 bits per heavy atom. The number of benzene rings is 4. The number of hydrogen-bond acceptors (Lipinski definition) is 2. The molecule has 2 heterocycles. The molecule has 2 heteroatoms. The zero-order valence-corrected chi connectivity index (χ0v) is 17.4. The maximum atomic E-state index is 2.37. The van der Waals surface area contributed by atoms with E-state index in [1.807, 2.05) is 22.7 Å². The highest BCUT2D eigenvalue weighted by molar-refractivity contribution is 7.26. The van der Waals surface area contributed by atoms with Crippen LogP contribution in [0.1, 0.15) is 11.1 Å². The van der Waals surface area contributed by atoms with Crippen LogP contribution in [0, 0.1) is 13.8 Å². The van der Waals surface area contributed by atoms with E-state index < -0.39 is 0 Å². The lowest BCUT2D eigenvalue weighted by atomic mass is 10.00. The SMILES string of the molecule is Cc1ccc2sc3ccc(-c4ccc5sc6ccc(C)cc6c5c4)cc3c2c1. The predicted octanol–water partition coefficient (Wildman–Crippen LogP) is 8.71. The molecule has 6 aromatic rings. The second-order valence-corrected chi connectivity index (χ2v) is 9.79. The Balaban J connectivity index is 1.60. The van der Waals surface area contributed by atoms with Crippen molar-refractivity contribution in [3.63, 3.8) is 0 Å². The minimum atomic E-state index is 1.29. The molecule has 0 spiro atoms. The summed E-state index contributed by atoms with van der Waals surface area (Å²) >= 11 is 3.77. The highest BCUT2D eigenvalue weighted by Gasteiger charge is 2.10. The lowest BCUT2D eigenvalue weighted by Gasteiger charge is -2.04. The van der Waals surface area contributed by atoms with Gasteiger partial charge in [-0.3, -0.25) is 0 Å².